The number of carbonyl (C=O) groups is 2. The molecular weight excluding hydrogens is 290 g/mol. The molecule has 0 radical (unpaired) electrons. The van der Waals surface area contributed by atoms with Gasteiger partial charge in [0, 0.05) is 18.8 Å². The fourth-order valence-electron chi connectivity index (χ4n) is 1.96. The van der Waals surface area contributed by atoms with Crippen LogP contribution >= 0.6 is 0 Å². The van der Waals surface area contributed by atoms with Crippen LogP contribution in [0.5, 0.6) is 0 Å². The van der Waals surface area contributed by atoms with E-state index in [9.17, 15) is 9.59 Å². The molecule has 23 heavy (non-hydrogen) atoms. The van der Waals surface area contributed by atoms with Gasteiger partial charge in [0.25, 0.3) is 0 Å². The van der Waals surface area contributed by atoms with Gasteiger partial charge in [-0.1, -0.05) is 26.0 Å². The second-order valence-corrected chi connectivity index (χ2v) is 6.92. The molecule has 0 spiro atoms. The van der Waals surface area contributed by atoms with E-state index in [2.05, 4.69) is 24.5 Å². The average molecular weight is 319 g/mol. The van der Waals surface area contributed by atoms with Crippen LogP contribution in [-0.2, 0) is 9.59 Å². The Balaban J connectivity index is 2.65. The quantitative estimate of drug-likeness (QED) is 0.759. The zero-order valence-corrected chi connectivity index (χ0v) is 15.1. The van der Waals surface area contributed by atoms with Crippen molar-refractivity contribution in [2.75, 3.05) is 32.5 Å². The summed E-state index contributed by atoms with van der Waals surface area (Å²) in [6, 6.07) is 7.72. The van der Waals surface area contributed by atoms with Crippen LogP contribution in [0.15, 0.2) is 24.3 Å². The first kappa shape index (κ1) is 19.2. The molecule has 5 nitrogen and oxygen atoms in total. The van der Waals surface area contributed by atoms with Gasteiger partial charge in [-0.15, -0.1) is 0 Å². The Morgan fingerprint density at radius 2 is 1.65 bits per heavy atom. The van der Waals surface area contributed by atoms with Gasteiger partial charge in [-0.25, -0.2) is 0 Å². The monoisotopic (exact) mass is 319 g/mol. The van der Waals surface area contributed by atoms with Gasteiger partial charge < -0.3 is 15.5 Å². The summed E-state index contributed by atoms with van der Waals surface area (Å²) in [7, 11) is 3.87. The van der Waals surface area contributed by atoms with E-state index in [0.29, 0.717) is 18.2 Å². The zero-order chi connectivity index (χ0) is 17.6. The van der Waals surface area contributed by atoms with Gasteiger partial charge in [0.1, 0.15) is 5.41 Å². The van der Waals surface area contributed by atoms with E-state index >= 15 is 0 Å². The third-order valence-corrected chi connectivity index (χ3v) is 3.82. The number of nitrogens with one attached hydrogen (secondary N) is 2. The molecule has 0 bridgehead atoms. The molecule has 0 aliphatic heterocycles. The third kappa shape index (κ3) is 5.67. The van der Waals surface area contributed by atoms with Crippen molar-refractivity contribution in [2.24, 2.45) is 5.41 Å². The first-order valence-electron chi connectivity index (χ1n) is 7.99. The molecule has 1 aromatic rings. The van der Waals surface area contributed by atoms with Crippen molar-refractivity contribution >= 4 is 17.5 Å². The summed E-state index contributed by atoms with van der Waals surface area (Å²) in [5.41, 5.74) is 0.792. The maximum atomic E-state index is 12.4. The highest BCUT2D eigenvalue weighted by atomic mass is 16.2. The van der Waals surface area contributed by atoms with Crippen LogP contribution in [0, 0.1) is 5.41 Å². The highest BCUT2D eigenvalue weighted by molar-refractivity contribution is 6.09. The molecule has 0 heterocycles. The summed E-state index contributed by atoms with van der Waals surface area (Å²) in [5.74, 6) is -0.133. The molecule has 0 fully saturated rings. The Morgan fingerprint density at radius 3 is 2.13 bits per heavy atom. The molecule has 0 aromatic heterocycles. The number of hydrogen-bond donors (Lipinski definition) is 2. The van der Waals surface area contributed by atoms with E-state index in [-0.39, 0.29) is 11.8 Å². The smallest absolute Gasteiger partial charge is 0.239 e. The largest absolute Gasteiger partial charge is 0.354 e. The predicted molar refractivity (Wildman–Crippen MR) is 94.5 cm³/mol. The zero-order valence-electron chi connectivity index (χ0n) is 15.1. The van der Waals surface area contributed by atoms with E-state index in [1.165, 1.54) is 5.56 Å². The van der Waals surface area contributed by atoms with Crippen molar-refractivity contribution < 1.29 is 9.59 Å². The third-order valence-electron chi connectivity index (χ3n) is 3.82. The number of benzene rings is 1. The van der Waals surface area contributed by atoms with Gasteiger partial charge in [0.2, 0.25) is 11.8 Å². The molecular formula is C18H29N3O2. The summed E-state index contributed by atoms with van der Waals surface area (Å²) >= 11 is 0. The maximum absolute atomic E-state index is 12.4. The summed E-state index contributed by atoms with van der Waals surface area (Å²) < 4.78 is 0. The van der Waals surface area contributed by atoms with Crippen LogP contribution in [-0.4, -0.2) is 43.9 Å². The summed E-state index contributed by atoms with van der Waals surface area (Å²) in [5, 5.41) is 5.62. The van der Waals surface area contributed by atoms with Crippen molar-refractivity contribution in [3.05, 3.63) is 29.8 Å². The minimum absolute atomic E-state index is 0.268. The molecule has 0 atom stereocenters. The van der Waals surface area contributed by atoms with E-state index in [4.69, 9.17) is 0 Å². The van der Waals surface area contributed by atoms with Crippen LogP contribution in [0.2, 0.25) is 0 Å². The summed E-state index contributed by atoms with van der Waals surface area (Å²) in [6.45, 7) is 8.76. The fourth-order valence-corrected chi connectivity index (χ4v) is 1.96. The lowest BCUT2D eigenvalue weighted by molar-refractivity contribution is -0.138. The Labute approximate surface area is 139 Å². The molecule has 5 heteroatoms. The van der Waals surface area contributed by atoms with Crippen molar-refractivity contribution in [1.82, 2.24) is 10.2 Å². The number of rotatable bonds is 7. The molecule has 2 N–H and O–H groups in total. The molecule has 1 rings (SSSR count). The predicted octanol–water partition coefficient (Wildman–Crippen LogP) is 2.45. The number of hydrogen-bond acceptors (Lipinski definition) is 3. The van der Waals surface area contributed by atoms with E-state index < -0.39 is 5.41 Å². The Morgan fingerprint density at radius 1 is 1.09 bits per heavy atom. The lowest BCUT2D eigenvalue weighted by atomic mass is 9.91. The molecule has 2 amide bonds. The first-order valence-corrected chi connectivity index (χ1v) is 7.99. The lowest BCUT2D eigenvalue weighted by Crippen LogP contribution is -2.46. The minimum Gasteiger partial charge on any atom is -0.354 e. The molecule has 0 unspecified atom stereocenters. The first-order chi connectivity index (χ1) is 10.6. The average Bonchev–Trinajstić information content (AvgIpc) is 2.47. The molecule has 128 valence electrons. The number of likely N-dealkylation sites (N-methyl/N-ethyl adjacent to an activating group) is 1. The van der Waals surface area contributed by atoms with Gasteiger partial charge in [-0.05, 0) is 51.6 Å². The molecule has 0 aliphatic carbocycles. The summed E-state index contributed by atoms with van der Waals surface area (Å²) in [4.78, 5) is 26.6. The Kier molecular flexibility index (Phi) is 6.76. The Bertz CT molecular complexity index is 534. The summed E-state index contributed by atoms with van der Waals surface area (Å²) in [6.07, 6.45) is 0. The van der Waals surface area contributed by atoms with E-state index in [0.717, 1.165) is 6.54 Å². The van der Waals surface area contributed by atoms with Gasteiger partial charge in [-0.2, -0.15) is 0 Å². The number of anilines is 1. The second-order valence-electron chi connectivity index (χ2n) is 6.92. The van der Waals surface area contributed by atoms with Crippen LogP contribution < -0.4 is 10.6 Å². The van der Waals surface area contributed by atoms with Gasteiger partial charge in [-0.3, -0.25) is 9.59 Å². The number of carbonyl (C=O) groups excluding carboxylic acids is 2. The molecule has 0 saturated carbocycles. The van der Waals surface area contributed by atoms with Crippen LogP contribution in [0.25, 0.3) is 0 Å². The highest BCUT2D eigenvalue weighted by Gasteiger charge is 2.35. The van der Waals surface area contributed by atoms with Crippen molar-refractivity contribution in [3.8, 4) is 0 Å². The topological polar surface area (TPSA) is 61.4 Å². The Hall–Kier alpha value is -1.88. The maximum Gasteiger partial charge on any atom is 0.239 e. The second kappa shape index (κ2) is 8.11. The van der Waals surface area contributed by atoms with Gasteiger partial charge >= 0.3 is 0 Å². The van der Waals surface area contributed by atoms with Crippen LogP contribution in [0.1, 0.15) is 39.2 Å². The molecule has 1 aromatic carbocycles. The number of amides is 2. The molecule has 0 saturated heterocycles. The molecule has 0 aliphatic rings. The fraction of sp³-hybridized carbons (Fsp3) is 0.556. The van der Waals surface area contributed by atoms with Crippen molar-refractivity contribution in [1.29, 1.82) is 0 Å². The van der Waals surface area contributed by atoms with E-state index in [1.54, 1.807) is 13.8 Å². The van der Waals surface area contributed by atoms with Crippen LogP contribution in [0.4, 0.5) is 5.69 Å². The normalized spacial score (nSPS) is 11.7. The number of nitrogens with zero attached hydrogens (tertiary/aromatic N) is 1. The van der Waals surface area contributed by atoms with Gasteiger partial charge in [0.05, 0.1) is 0 Å². The lowest BCUT2D eigenvalue weighted by Gasteiger charge is -2.23. The standard InChI is InChI=1S/C18H29N3O2/c1-13(2)14-7-9-15(10-8-14)20-17(23)18(3,4)16(22)19-11-12-21(5)6/h7-10,13H,11-12H2,1-6H3,(H,19,22)(H,20,23). The van der Waals surface area contributed by atoms with Crippen LogP contribution in [0.3, 0.4) is 0 Å². The minimum atomic E-state index is -1.12. The van der Waals surface area contributed by atoms with Crippen molar-refractivity contribution in [2.45, 2.75) is 33.6 Å². The SMILES string of the molecule is CC(C)c1ccc(NC(=O)C(C)(C)C(=O)NCCN(C)C)cc1. The van der Waals surface area contributed by atoms with Crippen molar-refractivity contribution in [3.63, 3.8) is 0 Å². The van der Waals surface area contributed by atoms with E-state index in [1.807, 2.05) is 43.3 Å². The van der Waals surface area contributed by atoms with Gasteiger partial charge in [0.15, 0.2) is 0 Å². The highest BCUT2D eigenvalue weighted by Crippen LogP contribution is 2.21.